The Bertz CT molecular complexity index is 1270. The SMILES string of the molecule is C=C(CCC(C)C1CC[C@@]2(C)C3CCC4C(C)(C)[C@@H](OC(=O)/C=C\c5ccc(O)cc5)CC[C@@]45C[C@@]35CC[C@]12C)C(C)C. The Morgan fingerprint density at radius 1 is 0.930 bits per heavy atom. The first-order valence-corrected chi connectivity index (χ1v) is 17.6. The van der Waals surface area contributed by atoms with Gasteiger partial charge in [0.25, 0.3) is 0 Å². The molecule has 43 heavy (non-hydrogen) atoms. The molecular formula is C40H58O3. The zero-order valence-electron chi connectivity index (χ0n) is 28.2. The highest BCUT2D eigenvalue weighted by atomic mass is 16.5. The van der Waals surface area contributed by atoms with Crippen LogP contribution in [0.3, 0.4) is 0 Å². The molecule has 2 spiro atoms. The quantitative estimate of drug-likeness (QED) is 0.187. The second-order valence-electron chi connectivity index (χ2n) is 17.2. The molecule has 3 heteroatoms. The molecule has 5 aliphatic rings. The van der Waals surface area contributed by atoms with Gasteiger partial charge < -0.3 is 9.84 Å². The van der Waals surface area contributed by atoms with E-state index in [0.29, 0.717) is 33.5 Å². The third-order valence-electron chi connectivity index (χ3n) is 15.1. The van der Waals surface area contributed by atoms with E-state index in [-0.39, 0.29) is 23.2 Å². The molecular weight excluding hydrogens is 528 g/mol. The third-order valence-corrected chi connectivity index (χ3v) is 15.1. The number of carbonyl (C=O) groups excluding carboxylic acids is 1. The summed E-state index contributed by atoms with van der Waals surface area (Å²) in [5.41, 5.74) is 4.16. The summed E-state index contributed by atoms with van der Waals surface area (Å²) in [4.78, 5) is 13.0. The van der Waals surface area contributed by atoms with Crippen molar-refractivity contribution in [2.24, 2.45) is 56.7 Å². The summed E-state index contributed by atoms with van der Waals surface area (Å²) < 4.78 is 6.22. The molecule has 0 heterocycles. The molecule has 6 rings (SSSR count). The largest absolute Gasteiger partial charge is 0.508 e. The van der Waals surface area contributed by atoms with Crippen molar-refractivity contribution in [2.45, 2.75) is 125 Å². The van der Waals surface area contributed by atoms with E-state index in [2.05, 4.69) is 55.0 Å². The van der Waals surface area contributed by atoms with Crippen molar-refractivity contribution in [1.29, 1.82) is 0 Å². The van der Waals surface area contributed by atoms with E-state index in [0.717, 1.165) is 29.7 Å². The van der Waals surface area contributed by atoms with Gasteiger partial charge in [0.1, 0.15) is 11.9 Å². The maximum atomic E-state index is 13.0. The van der Waals surface area contributed by atoms with Crippen LogP contribution >= 0.6 is 0 Å². The van der Waals surface area contributed by atoms with Crippen LogP contribution in [0.5, 0.6) is 5.75 Å². The minimum absolute atomic E-state index is 0.0120. The van der Waals surface area contributed by atoms with Crippen molar-refractivity contribution >= 4 is 12.0 Å². The van der Waals surface area contributed by atoms with Crippen molar-refractivity contribution < 1.29 is 14.6 Å². The van der Waals surface area contributed by atoms with E-state index < -0.39 is 0 Å². The Labute approximate surface area is 262 Å². The molecule has 0 bridgehead atoms. The van der Waals surface area contributed by atoms with Gasteiger partial charge >= 0.3 is 5.97 Å². The van der Waals surface area contributed by atoms with Crippen LogP contribution < -0.4 is 0 Å². The number of esters is 1. The van der Waals surface area contributed by atoms with Crippen LogP contribution in [0.2, 0.25) is 0 Å². The Hall–Kier alpha value is -2.03. The Balaban J connectivity index is 1.15. The highest BCUT2D eigenvalue weighted by Gasteiger charge is 2.82. The molecule has 0 saturated heterocycles. The van der Waals surface area contributed by atoms with Crippen LogP contribution in [-0.4, -0.2) is 17.2 Å². The van der Waals surface area contributed by atoms with E-state index in [1.807, 2.05) is 12.1 Å². The maximum Gasteiger partial charge on any atom is 0.331 e. The summed E-state index contributed by atoms with van der Waals surface area (Å²) in [5.74, 6) is 3.67. The minimum atomic E-state index is -0.245. The molecule has 4 unspecified atom stereocenters. The topological polar surface area (TPSA) is 46.5 Å². The van der Waals surface area contributed by atoms with Gasteiger partial charge in [-0.3, -0.25) is 0 Å². The molecule has 0 amide bonds. The first kappa shape index (κ1) is 31.0. The molecule has 1 aromatic rings. The average Bonchev–Trinajstić information content (AvgIpc) is 3.54. The van der Waals surface area contributed by atoms with Crippen LogP contribution in [-0.2, 0) is 9.53 Å². The van der Waals surface area contributed by atoms with Gasteiger partial charge in [-0.1, -0.05) is 72.8 Å². The highest BCUT2D eigenvalue weighted by Crippen LogP contribution is 2.89. The van der Waals surface area contributed by atoms with Gasteiger partial charge in [0.2, 0.25) is 0 Å². The van der Waals surface area contributed by atoms with Gasteiger partial charge in [-0.25, -0.2) is 4.79 Å². The number of allylic oxidation sites excluding steroid dienone is 1. The van der Waals surface area contributed by atoms with Crippen LogP contribution in [0.15, 0.2) is 42.5 Å². The minimum Gasteiger partial charge on any atom is -0.508 e. The molecule has 0 aromatic heterocycles. The molecule has 0 radical (unpaired) electrons. The number of phenols is 1. The number of phenolic OH excluding ortho intramolecular Hbond substituents is 1. The average molecular weight is 587 g/mol. The number of rotatable bonds is 8. The molecule has 5 fully saturated rings. The van der Waals surface area contributed by atoms with Crippen molar-refractivity contribution in [1.82, 2.24) is 0 Å². The van der Waals surface area contributed by atoms with Gasteiger partial charge in [0.15, 0.2) is 0 Å². The summed E-state index contributed by atoms with van der Waals surface area (Å²) >= 11 is 0. The Morgan fingerprint density at radius 2 is 1.60 bits per heavy atom. The van der Waals surface area contributed by atoms with Crippen LogP contribution in [0.25, 0.3) is 6.08 Å². The first-order valence-electron chi connectivity index (χ1n) is 17.6. The molecule has 5 saturated carbocycles. The zero-order chi connectivity index (χ0) is 31.0. The van der Waals surface area contributed by atoms with E-state index >= 15 is 0 Å². The van der Waals surface area contributed by atoms with Crippen molar-refractivity contribution in [2.75, 3.05) is 0 Å². The second kappa shape index (κ2) is 10.5. The number of carbonyl (C=O) groups is 1. The molecule has 0 aliphatic heterocycles. The van der Waals surface area contributed by atoms with Gasteiger partial charge in [0.05, 0.1) is 0 Å². The molecule has 5 aliphatic carbocycles. The van der Waals surface area contributed by atoms with Gasteiger partial charge in [-0.05, 0) is 146 Å². The lowest BCUT2D eigenvalue weighted by Crippen LogP contribution is -2.58. The molecule has 236 valence electrons. The predicted molar refractivity (Wildman–Crippen MR) is 176 cm³/mol. The molecule has 3 nitrogen and oxygen atoms in total. The Morgan fingerprint density at radius 3 is 2.30 bits per heavy atom. The standard InChI is InChI=1S/C40H58O3/c1-26(2)27(3)9-10-28(4)31-19-21-38(8)33-17-16-32-36(5,6)34(43-35(42)18-13-29-11-14-30(41)15-12-29)20-22-39(32)25-40(33,39)24-23-37(31,38)7/h11-15,18,26,28,31-34,41H,3,9-10,16-17,19-25H2,1-2,4-8H3/b18-13-/t28?,31?,32?,33?,34-,37+,38-,39+,40-/m0/s1. The molecule has 9 atom stereocenters. The van der Waals surface area contributed by atoms with E-state index in [1.54, 1.807) is 24.3 Å². The summed E-state index contributed by atoms with van der Waals surface area (Å²) in [6.07, 6.45) is 17.7. The predicted octanol–water partition coefficient (Wildman–Crippen LogP) is 10.4. The summed E-state index contributed by atoms with van der Waals surface area (Å²) in [5, 5.41) is 9.54. The Kier molecular flexibility index (Phi) is 7.58. The van der Waals surface area contributed by atoms with Crippen LogP contribution in [0, 0.1) is 56.7 Å². The summed E-state index contributed by atoms with van der Waals surface area (Å²) in [6.45, 7) is 21.8. The fourth-order valence-electron chi connectivity index (χ4n) is 12.3. The lowest BCUT2D eigenvalue weighted by molar-refractivity contribution is -0.179. The fraction of sp³-hybridized carbons (Fsp3) is 0.725. The lowest BCUT2D eigenvalue weighted by atomic mass is 9.41. The maximum absolute atomic E-state index is 13.0. The fourth-order valence-corrected chi connectivity index (χ4v) is 12.3. The number of fused-ring (bicyclic) bond motifs is 2. The molecule has 1 N–H and O–H groups in total. The van der Waals surface area contributed by atoms with Crippen molar-refractivity contribution in [3.8, 4) is 5.75 Å². The van der Waals surface area contributed by atoms with Gasteiger partial charge in [-0.15, -0.1) is 0 Å². The van der Waals surface area contributed by atoms with Crippen LogP contribution in [0.1, 0.15) is 125 Å². The summed E-state index contributed by atoms with van der Waals surface area (Å²) in [7, 11) is 0. The van der Waals surface area contributed by atoms with Crippen molar-refractivity contribution in [3.63, 3.8) is 0 Å². The van der Waals surface area contributed by atoms with E-state index in [4.69, 9.17) is 4.74 Å². The van der Waals surface area contributed by atoms with Crippen LogP contribution in [0.4, 0.5) is 0 Å². The van der Waals surface area contributed by atoms with E-state index in [1.165, 1.54) is 69.8 Å². The number of aromatic hydroxyl groups is 1. The third kappa shape index (κ3) is 4.60. The van der Waals surface area contributed by atoms with E-state index in [9.17, 15) is 9.90 Å². The monoisotopic (exact) mass is 586 g/mol. The number of ether oxygens (including phenoxy) is 1. The number of hydrogen-bond acceptors (Lipinski definition) is 3. The second-order valence-corrected chi connectivity index (χ2v) is 17.2. The molecule has 1 aromatic carbocycles. The summed E-state index contributed by atoms with van der Waals surface area (Å²) in [6, 6.07) is 6.90. The number of hydrogen-bond donors (Lipinski definition) is 1. The number of benzene rings is 1. The normalized spacial score (nSPS) is 41.6. The first-order chi connectivity index (χ1) is 20.2. The smallest absolute Gasteiger partial charge is 0.331 e. The lowest BCUT2D eigenvalue weighted by Gasteiger charge is -2.63. The zero-order valence-corrected chi connectivity index (χ0v) is 28.2. The van der Waals surface area contributed by atoms with Crippen molar-refractivity contribution in [3.05, 3.63) is 48.1 Å². The van der Waals surface area contributed by atoms with Gasteiger partial charge in [0, 0.05) is 11.5 Å². The highest BCUT2D eigenvalue weighted by molar-refractivity contribution is 5.87. The van der Waals surface area contributed by atoms with Gasteiger partial charge in [-0.2, -0.15) is 0 Å².